The van der Waals surface area contributed by atoms with Gasteiger partial charge in [-0.05, 0) is 60.2 Å². The molecule has 0 aromatic heterocycles. The average molecular weight is 455 g/mol. The number of carbonyl (C=O) groups excluding carboxylic acids is 3. The predicted octanol–water partition coefficient (Wildman–Crippen LogP) is 4.59. The third-order valence-electron chi connectivity index (χ3n) is 7.32. The van der Waals surface area contributed by atoms with E-state index in [1.807, 2.05) is 23.1 Å². The van der Waals surface area contributed by atoms with Crippen LogP contribution in [0.5, 0.6) is 0 Å². The first-order valence-electron chi connectivity index (χ1n) is 12.0. The lowest BCUT2D eigenvalue weighted by Gasteiger charge is -2.26. The maximum atomic E-state index is 13.6. The van der Waals surface area contributed by atoms with Crippen LogP contribution in [0.3, 0.4) is 0 Å². The van der Waals surface area contributed by atoms with Crippen molar-refractivity contribution in [3.63, 3.8) is 0 Å². The Balaban J connectivity index is 1.28. The van der Waals surface area contributed by atoms with E-state index in [0.29, 0.717) is 29.8 Å². The summed E-state index contributed by atoms with van der Waals surface area (Å²) in [6.45, 7) is 1.60. The molecule has 0 spiro atoms. The summed E-state index contributed by atoms with van der Waals surface area (Å²) < 4.78 is 5.62. The predicted molar refractivity (Wildman–Crippen MR) is 128 cm³/mol. The fourth-order valence-corrected chi connectivity index (χ4v) is 5.62. The van der Waals surface area contributed by atoms with Crippen molar-refractivity contribution in [1.29, 1.82) is 0 Å². The molecule has 3 heterocycles. The van der Waals surface area contributed by atoms with E-state index in [-0.39, 0.29) is 36.4 Å². The van der Waals surface area contributed by atoms with Crippen LogP contribution in [0.15, 0.2) is 60.7 Å². The van der Waals surface area contributed by atoms with Gasteiger partial charge in [0.1, 0.15) is 0 Å². The first-order chi connectivity index (χ1) is 16.6. The van der Waals surface area contributed by atoms with Gasteiger partial charge in [-0.2, -0.15) is 0 Å². The molecule has 2 saturated heterocycles. The molecule has 2 fully saturated rings. The van der Waals surface area contributed by atoms with Gasteiger partial charge in [-0.15, -0.1) is 0 Å². The minimum Gasteiger partial charge on any atom is -0.376 e. The van der Waals surface area contributed by atoms with Crippen molar-refractivity contribution in [1.82, 2.24) is 9.80 Å². The highest BCUT2D eigenvalue weighted by atomic mass is 16.5. The van der Waals surface area contributed by atoms with Crippen LogP contribution in [0, 0.1) is 0 Å². The number of benzene rings is 3. The van der Waals surface area contributed by atoms with E-state index in [9.17, 15) is 14.4 Å². The van der Waals surface area contributed by atoms with Gasteiger partial charge in [0.05, 0.1) is 29.8 Å². The number of carbonyl (C=O) groups is 3. The molecule has 0 N–H and O–H groups in total. The summed E-state index contributed by atoms with van der Waals surface area (Å²) in [5.74, 6) is -0.738. The molecule has 6 nitrogen and oxygen atoms in total. The van der Waals surface area contributed by atoms with Crippen molar-refractivity contribution in [2.24, 2.45) is 0 Å². The molecule has 0 bridgehead atoms. The van der Waals surface area contributed by atoms with Gasteiger partial charge in [-0.1, -0.05) is 42.5 Å². The molecule has 3 aromatic rings. The van der Waals surface area contributed by atoms with Gasteiger partial charge in [-0.3, -0.25) is 19.3 Å². The Labute approximate surface area is 198 Å². The number of rotatable bonds is 4. The number of hydrogen-bond acceptors (Lipinski definition) is 4. The molecule has 0 saturated carbocycles. The number of nitrogens with zero attached hydrogens (tertiary/aromatic N) is 2. The quantitative estimate of drug-likeness (QED) is 0.541. The van der Waals surface area contributed by atoms with E-state index in [1.54, 1.807) is 18.2 Å². The maximum absolute atomic E-state index is 13.6. The summed E-state index contributed by atoms with van der Waals surface area (Å²) in [5, 5.41) is 2.32. The minimum absolute atomic E-state index is 0.0137. The smallest absolute Gasteiger partial charge is 0.261 e. The Kier molecular flexibility index (Phi) is 5.18. The lowest BCUT2D eigenvalue weighted by atomic mass is 9.96. The van der Waals surface area contributed by atoms with Gasteiger partial charge in [-0.25, -0.2) is 0 Å². The molecule has 3 aromatic carbocycles. The largest absolute Gasteiger partial charge is 0.376 e. The van der Waals surface area contributed by atoms with Crippen molar-refractivity contribution in [2.75, 3.05) is 19.7 Å². The molecule has 34 heavy (non-hydrogen) atoms. The Morgan fingerprint density at radius 2 is 1.74 bits per heavy atom. The average Bonchev–Trinajstić information content (AvgIpc) is 3.61. The maximum Gasteiger partial charge on any atom is 0.261 e. The van der Waals surface area contributed by atoms with E-state index in [1.165, 1.54) is 4.90 Å². The number of amides is 3. The molecule has 3 aliphatic heterocycles. The molecule has 6 heteroatoms. The van der Waals surface area contributed by atoms with Gasteiger partial charge in [0.2, 0.25) is 0 Å². The number of hydrogen-bond donors (Lipinski definition) is 0. The molecular weight excluding hydrogens is 428 g/mol. The normalized spacial score (nSPS) is 22.1. The van der Waals surface area contributed by atoms with E-state index >= 15 is 0 Å². The van der Waals surface area contributed by atoms with Gasteiger partial charge in [0, 0.05) is 18.7 Å². The van der Waals surface area contributed by atoms with Crippen molar-refractivity contribution in [2.45, 2.75) is 37.8 Å². The highest BCUT2D eigenvalue weighted by Crippen LogP contribution is 2.37. The number of ether oxygens (including phenoxy) is 1. The summed E-state index contributed by atoms with van der Waals surface area (Å²) in [5.41, 5.74) is 2.28. The van der Waals surface area contributed by atoms with Crippen molar-refractivity contribution >= 4 is 28.5 Å². The molecule has 172 valence electrons. The second-order valence-electron chi connectivity index (χ2n) is 9.34. The van der Waals surface area contributed by atoms with Gasteiger partial charge in [0.25, 0.3) is 17.7 Å². The molecular formula is C28H26N2O4. The fraction of sp³-hybridized carbons (Fsp3) is 0.321. The van der Waals surface area contributed by atoms with Crippen molar-refractivity contribution in [3.8, 4) is 0 Å². The third kappa shape index (κ3) is 3.41. The second-order valence-corrected chi connectivity index (χ2v) is 9.34. The molecule has 3 aliphatic rings. The summed E-state index contributed by atoms with van der Waals surface area (Å²) in [7, 11) is 0. The summed E-state index contributed by atoms with van der Waals surface area (Å²) in [6, 6.07) is 19.4. The summed E-state index contributed by atoms with van der Waals surface area (Å²) >= 11 is 0. The monoisotopic (exact) mass is 454 g/mol. The Morgan fingerprint density at radius 3 is 2.59 bits per heavy atom. The van der Waals surface area contributed by atoms with E-state index in [2.05, 4.69) is 24.3 Å². The van der Waals surface area contributed by atoms with Crippen LogP contribution >= 0.6 is 0 Å². The Hall–Kier alpha value is -3.51. The standard InChI is InChI=1S/C28H26N2O4/c31-26(29-14-4-11-25(29)22-10-3-7-18-6-1-2-9-21(18)22)19-12-13-23-24(16-19)28(33)30(27(23)32)17-20-8-5-15-34-20/h1-3,6-7,9-10,12-13,16,20,25H,4-5,8,11,14-15,17H2. The molecule has 2 atom stereocenters. The second kappa shape index (κ2) is 8.37. The highest BCUT2D eigenvalue weighted by Gasteiger charge is 2.39. The molecule has 0 radical (unpaired) electrons. The fourth-order valence-electron chi connectivity index (χ4n) is 5.62. The SMILES string of the molecule is O=C1c2ccc(C(=O)N3CCCC3c3cccc4ccccc34)cc2C(=O)N1CC1CCCO1. The first kappa shape index (κ1) is 21.1. The van der Waals surface area contributed by atoms with E-state index in [0.717, 1.165) is 42.0 Å². The van der Waals surface area contributed by atoms with Gasteiger partial charge < -0.3 is 9.64 Å². The number of imide groups is 1. The molecule has 0 aliphatic carbocycles. The first-order valence-corrected chi connectivity index (χ1v) is 12.0. The Bertz CT molecular complexity index is 1310. The summed E-state index contributed by atoms with van der Waals surface area (Å²) in [4.78, 5) is 42.7. The molecule has 2 unspecified atom stereocenters. The van der Waals surface area contributed by atoms with E-state index < -0.39 is 0 Å². The van der Waals surface area contributed by atoms with Gasteiger partial charge in [0.15, 0.2) is 0 Å². The zero-order valence-corrected chi connectivity index (χ0v) is 18.9. The minimum atomic E-state index is -0.336. The molecule has 3 amide bonds. The van der Waals surface area contributed by atoms with Crippen molar-refractivity contribution in [3.05, 3.63) is 82.9 Å². The van der Waals surface area contributed by atoms with Crippen LogP contribution in [0.4, 0.5) is 0 Å². The zero-order chi connectivity index (χ0) is 23.2. The van der Waals surface area contributed by atoms with Crippen LogP contribution in [-0.2, 0) is 4.74 Å². The number of fused-ring (bicyclic) bond motifs is 2. The van der Waals surface area contributed by atoms with Crippen molar-refractivity contribution < 1.29 is 19.1 Å². The van der Waals surface area contributed by atoms with E-state index in [4.69, 9.17) is 4.74 Å². The van der Waals surface area contributed by atoms with Crippen LogP contribution in [0.1, 0.15) is 68.4 Å². The molecule has 6 rings (SSSR count). The van der Waals surface area contributed by atoms with Crippen LogP contribution in [0.2, 0.25) is 0 Å². The van der Waals surface area contributed by atoms with Gasteiger partial charge >= 0.3 is 0 Å². The lowest BCUT2D eigenvalue weighted by molar-refractivity contribution is 0.0475. The van der Waals surface area contributed by atoms with Crippen LogP contribution in [-0.4, -0.2) is 53.3 Å². The topological polar surface area (TPSA) is 66.9 Å². The van der Waals surface area contributed by atoms with Crippen LogP contribution < -0.4 is 0 Å². The summed E-state index contributed by atoms with van der Waals surface area (Å²) in [6.07, 6.45) is 3.52. The zero-order valence-electron chi connectivity index (χ0n) is 18.9. The Morgan fingerprint density at radius 1 is 0.912 bits per heavy atom. The highest BCUT2D eigenvalue weighted by molar-refractivity contribution is 6.22. The van der Waals surface area contributed by atoms with Crippen LogP contribution in [0.25, 0.3) is 10.8 Å². The third-order valence-corrected chi connectivity index (χ3v) is 7.32. The number of likely N-dealkylation sites (tertiary alicyclic amines) is 1. The lowest BCUT2D eigenvalue weighted by Crippen LogP contribution is -2.36.